The number of amides is 1. The van der Waals surface area contributed by atoms with Gasteiger partial charge in [0.05, 0.1) is 34.6 Å². The number of halogens is 1. The maximum absolute atomic E-state index is 13.0. The van der Waals surface area contributed by atoms with Crippen molar-refractivity contribution in [2.45, 2.75) is 45.3 Å². The lowest BCUT2D eigenvalue weighted by molar-refractivity contribution is 0.0189. The van der Waals surface area contributed by atoms with Gasteiger partial charge in [0, 0.05) is 36.3 Å². The summed E-state index contributed by atoms with van der Waals surface area (Å²) < 4.78 is 7.30. The van der Waals surface area contributed by atoms with Crippen LogP contribution in [0.15, 0.2) is 41.6 Å². The first kappa shape index (κ1) is 22.3. The topological polar surface area (TPSA) is 106 Å². The van der Waals surface area contributed by atoms with Crippen LogP contribution >= 0.6 is 11.6 Å². The highest BCUT2D eigenvalue weighted by atomic mass is 35.5. The van der Waals surface area contributed by atoms with E-state index >= 15 is 0 Å². The Morgan fingerprint density at radius 3 is 2.56 bits per heavy atom. The van der Waals surface area contributed by atoms with Crippen molar-refractivity contribution < 1.29 is 9.53 Å². The molecule has 0 aliphatic carbocycles. The lowest BCUT2D eigenvalue weighted by atomic mass is 10.0. The zero-order valence-electron chi connectivity index (χ0n) is 19.2. The number of nitrogens with one attached hydrogen (secondary N) is 1. The fraction of sp³-hybridized carbons (Fsp3) is 0.375. The van der Waals surface area contributed by atoms with Crippen LogP contribution in [0.3, 0.4) is 0 Å². The van der Waals surface area contributed by atoms with E-state index in [2.05, 4.69) is 19.9 Å². The number of nitrogens with zero attached hydrogens (tertiary/aromatic N) is 5. The molecule has 0 aromatic carbocycles. The van der Waals surface area contributed by atoms with Crippen molar-refractivity contribution in [3.8, 4) is 11.3 Å². The number of pyridine rings is 3. The number of fused-ring (bicyclic) bond motifs is 3. The van der Waals surface area contributed by atoms with E-state index in [1.54, 1.807) is 34.1 Å². The molecular weight excluding hydrogens is 456 g/mol. The fourth-order valence-electron chi connectivity index (χ4n) is 4.38. The highest BCUT2D eigenvalue weighted by Crippen LogP contribution is 2.31. The Kier molecular flexibility index (Phi) is 5.51. The molecule has 0 unspecified atom stereocenters. The average Bonchev–Trinajstić information content (AvgIpc) is 3.14. The Bertz CT molecular complexity index is 1430. The zero-order valence-corrected chi connectivity index (χ0v) is 20.0. The van der Waals surface area contributed by atoms with Gasteiger partial charge in [-0.15, -0.1) is 0 Å². The Morgan fingerprint density at radius 2 is 1.88 bits per heavy atom. The number of H-pyrrole nitrogens is 1. The Morgan fingerprint density at radius 1 is 1.12 bits per heavy atom. The third-order valence-corrected chi connectivity index (χ3v) is 6.16. The number of aromatic amines is 1. The molecule has 0 radical (unpaired) electrons. The van der Waals surface area contributed by atoms with E-state index < -0.39 is 5.60 Å². The first-order valence-electron chi connectivity index (χ1n) is 11.2. The first-order valence-corrected chi connectivity index (χ1v) is 11.6. The SMILES string of the molecule is CC(C)(C)OC(=O)N1CCC(n2c(=O)[nH]c3cnc4cnc(-c5ccc(Cl)nc5)cc4c32)CC1. The van der Waals surface area contributed by atoms with E-state index in [1.165, 1.54) is 0 Å². The van der Waals surface area contributed by atoms with E-state index in [0.29, 0.717) is 47.8 Å². The van der Waals surface area contributed by atoms with Gasteiger partial charge in [-0.25, -0.2) is 14.6 Å². The summed E-state index contributed by atoms with van der Waals surface area (Å²) in [6, 6.07) is 5.44. The highest BCUT2D eigenvalue weighted by Gasteiger charge is 2.29. The number of hydrogen-bond donors (Lipinski definition) is 1. The van der Waals surface area contributed by atoms with Crippen molar-refractivity contribution >= 4 is 39.6 Å². The van der Waals surface area contributed by atoms with Crippen molar-refractivity contribution in [2.75, 3.05) is 13.1 Å². The molecule has 4 aromatic heterocycles. The molecular formula is C24H25ClN6O3. The highest BCUT2D eigenvalue weighted by molar-refractivity contribution is 6.29. The van der Waals surface area contributed by atoms with Crippen LogP contribution in [0.1, 0.15) is 39.7 Å². The molecule has 1 fully saturated rings. The van der Waals surface area contributed by atoms with Crippen molar-refractivity contribution in [2.24, 2.45) is 0 Å². The Balaban J connectivity index is 1.51. The Labute approximate surface area is 200 Å². The van der Waals surface area contributed by atoms with Crippen LogP contribution in [-0.4, -0.2) is 54.2 Å². The molecule has 176 valence electrons. The summed E-state index contributed by atoms with van der Waals surface area (Å²) >= 11 is 5.93. The molecule has 1 saturated heterocycles. The standard InChI is InChI=1S/C24H25ClN6O3/c1-24(2,3)34-23(33)30-8-6-15(7-9-30)31-21-16-10-17(14-4-5-20(25)28-11-14)26-12-18(16)27-13-19(21)29-22(31)32/h4-5,10-13,15H,6-9H2,1-3H3,(H,29,32). The number of aromatic nitrogens is 5. The number of carbonyl (C=O) groups excluding carboxylic acids is 1. The predicted octanol–water partition coefficient (Wildman–Crippen LogP) is 4.56. The van der Waals surface area contributed by atoms with Gasteiger partial charge >= 0.3 is 11.8 Å². The molecule has 9 nitrogen and oxygen atoms in total. The smallest absolute Gasteiger partial charge is 0.410 e. The van der Waals surface area contributed by atoms with Gasteiger partial charge in [0.15, 0.2) is 0 Å². The van der Waals surface area contributed by atoms with Crippen LogP contribution in [0.25, 0.3) is 33.2 Å². The normalized spacial score (nSPS) is 15.2. The van der Waals surface area contributed by atoms with Crippen LogP contribution < -0.4 is 5.69 Å². The minimum Gasteiger partial charge on any atom is -0.444 e. The predicted molar refractivity (Wildman–Crippen MR) is 130 cm³/mol. The number of carbonyl (C=O) groups is 1. The van der Waals surface area contributed by atoms with Gasteiger partial charge in [-0.2, -0.15) is 0 Å². The minimum atomic E-state index is -0.543. The maximum Gasteiger partial charge on any atom is 0.410 e. The van der Waals surface area contributed by atoms with Crippen LogP contribution in [0.4, 0.5) is 4.79 Å². The van der Waals surface area contributed by atoms with E-state index in [9.17, 15) is 9.59 Å². The van der Waals surface area contributed by atoms with Crippen molar-refractivity contribution in [1.29, 1.82) is 0 Å². The largest absolute Gasteiger partial charge is 0.444 e. The third kappa shape index (κ3) is 4.23. The summed E-state index contributed by atoms with van der Waals surface area (Å²) in [6.07, 6.45) is 6.01. The van der Waals surface area contributed by atoms with Gasteiger partial charge in [-0.3, -0.25) is 14.5 Å². The third-order valence-electron chi connectivity index (χ3n) is 5.93. The molecule has 34 heavy (non-hydrogen) atoms. The molecule has 1 aliphatic rings. The maximum atomic E-state index is 13.0. The van der Waals surface area contributed by atoms with Crippen LogP contribution in [0.5, 0.6) is 0 Å². The van der Waals surface area contributed by atoms with Gasteiger partial charge in [0.25, 0.3) is 0 Å². The van der Waals surface area contributed by atoms with E-state index in [0.717, 1.165) is 16.5 Å². The summed E-state index contributed by atoms with van der Waals surface area (Å²) in [7, 11) is 0. The van der Waals surface area contributed by atoms with Crippen molar-refractivity contribution in [3.63, 3.8) is 0 Å². The molecule has 1 N–H and O–H groups in total. The van der Waals surface area contributed by atoms with Crippen LogP contribution in [0, 0.1) is 0 Å². The Hall–Kier alpha value is -3.46. The summed E-state index contributed by atoms with van der Waals surface area (Å²) in [4.78, 5) is 43.2. The lowest BCUT2D eigenvalue weighted by Gasteiger charge is -2.33. The first-order chi connectivity index (χ1) is 16.2. The van der Waals surface area contributed by atoms with Crippen molar-refractivity contribution in [3.05, 3.63) is 52.4 Å². The average molecular weight is 481 g/mol. The molecule has 5 rings (SSSR count). The van der Waals surface area contributed by atoms with Gasteiger partial charge in [-0.05, 0) is 51.8 Å². The van der Waals surface area contributed by atoms with Gasteiger partial charge in [-0.1, -0.05) is 11.6 Å². The van der Waals surface area contributed by atoms with E-state index in [1.807, 2.05) is 32.9 Å². The van der Waals surface area contributed by atoms with Gasteiger partial charge in [0.1, 0.15) is 10.8 Å². The molecule has 0 atom stereocenters. The van der Waals surface area contributed by atoms with Gasteiger partial charge < -0.3 is 14.6 Å². The quantitative estimate of drug-likeness (QED) is 0.421. The van der Waals surface area contributed by atoms with Gasteiger partial charge in [0.2, 0.25) is 0 Å². The molecule has 1 amide bonds. The van der Waals surface area contributed by atoms with Crippen molar-refractivity contribution in [1.82, 2.24) is 29.4 Å². The second-order valence-electron chi connectivity index (χ2n) is 9.48. The number of likely N-dealkylation sites (tertiary alicyclic amines) is 1. The molecule has 0 saturated carbocycles. The molecule has 0 spiro atoms. The van der Waals surface area contributed by atoms with Crippen LogP contribution in [-0.2, 0) is 4.74 Å². The fourth-order valence-corrected chi connectivity index (χ4v) is 4.49. The molecule has 4 aromatic rings. The summed E-state index contributed by atoms with van der Waals surface area (Å²) in [5.74, 6) is 0. The number of piperidine rings is 1. The lowest BCUT2D eigenvalue weighted by Crippen LogP contribution is -2.43. The minimum absolute atomic E-state index is 0.0562. The zero-order chi connectivity index (χ0) is 24.0. The summed E-state index contributed by atoms with van der Waals surface area (Å²) in [6.45, 7) is 6.60. The van der Waals surface area contributed by atoms with Crippen LogP contribution in [0.2, 0.25) is 5.15 Å². The monoisotopic (exact) mass is 480 g/mol. The molecule has 1 aliphatic heterocycles. The number of hydrogen-bond acceptors (Lipinski definition) is 6. The van der Waals surface area contributed by atoms with E-state index in [4.69, 9.17) is 16.3 Å². The van der Waals surface area contributed by atoms with E-state index in [-0.39, 0.29) is 17.8 Å². The number of imidazole rings is 1. The summed E-state index contributed by atoms with van der Waals surface area (Å²) in [5, 5.41) is 1.23. The molecule has 10 heteroatoms. The molecule has 0 bridgehead atoms. The molecule has 5 heterocycles. The second kappa shape index (κ2) is 8.39. The second-order valence-corrected chi connectivity index (χ2v) is 9.86. The number of ether oxygens (including phenoxy) is 1. The summed E-state index contributed by atoms with van der Waals surface area (Å²) in [5.41, 5.74) is 2.95. The number of rotatable bonds is 2.